The number of ether oxygens (including phenoxy) is 2. The van der Waals surface area contributed by atoms with Crippen LogP contribution < -0.4 is 10.6 Å². The zero-order valence-electron chi connectivity index (χ0n) is 17.4. The Morgan fingerprint density at radius 1 is 1.22 bits per heavy atom. The number of guanidine groups is 1. The molecular formula is C20H41IN4O2. The van der Waals surface area contributed by atoms with E-state index in [-0.39, 0.29) is 24.0 Å². The Balaban J connectivity index is 0.00000364. The van der Waals surface area contributed by atoms with Gasteiger partial charge >= 0.3 is 0 Å². The van der Waals surface area contributed by atoms with E-state index in [0.717, 1.165) is 71.3 Å². The zero-order chi connectivity index (χ0) is 18.5. The number of aliphatic imine (C=N–C) groups is 1. The Labute approximate surface area is 183 Å². The summed E-state index contributed by atoms with van der Waals surface area (Å²) in [5.41, 5.74) is 0. The van der Waals surface area contributed by atoms with Gasteiger partial charge in [0.2, 0.25) is 0 Å². The van der Waals surface area contributed by atoms with Crippen molar-refractivity contribution in [1.29, 1.82) is 0 Å². The Hall–Kier alpha value is -0.120. The maximum atomic E-state index is 5.83. The van der Waals surface area contributed by atoms with Crippen molar-refractivity contribution in [3.05, 3.63) is 0 Å². The standard InChI is InChI=1S/C20H40N4O2.HI/c1-3-21-20(23-15-18(2)16-24-10-4-5-11-24)22-9-6-12-26-17-19-7-13-25-14-8-19;/h18-19H,3-17H2,1-2H3,(H2,21,22,23);1H. The molecule has 7 heteroatoms. The van der Waals surface area contributed by atoms with E-state index in [1.807, 2.05) is 0 Å². The van der Waals surface area contributed by atoms with Crippen LogP contribution in [0.5, 0.6) is 0 Å². The molecule has 2 heterocycles. The lowest BCUT2D eigenvalue weighted by Gasteiger charge is -2.21. The zero-order valence-corrected chi connectivity index (χ0v) is 19.7. The molecule has 0 amide bonds. The minimum Gasteiger partial charge on any atom is -0.381 e. The molecule has 0 aromatic rings. The first-order valence-electron chi connectivity index (χ1n) is 10.7. The molecule has 0 radical (unpaired) electrons. The molecule has 160 valence electrons. The molecule has 6 nitrogen and oxygen atoms in total. The van der Waals surface area contributed by atoms with Crippen LogP contribution >= 0.6 is 24.0 Å². The van der Waals surface area contributed by atoms with Crippen LogP contribution in [0, 0.1) is 11.8 Å². The number of halogens is 1. The Kier molecular flexibility index (Phi) is 14.5. The molecule has 2 aliphatic heterocycles. The van der Waals surface area contributed by atoms with Gasteiger partial charge in [0.1, 0.15) is 0 Å². The molecule has 0 aromatic heterocycles. The highest BCUT2D eigenvalue weighted by atomic mass is 127. The lowest BCUT2D eigenvalue weighted by atomic mass is 10.0. The molecule has 0 saturated carbocycles. The number of hydrogen-bond acceptors (Lipinski definition) is 4. The van der Waals surface area contributed by atoms with Crippen LogP contribution in [0.4, 0.5) is 0 Å². The van der Waals surface area contributed by atoms with Gasteiger partial charge in [-0.25, -0.2) is 0 Å². The van der Waals surface area contributed by atoms with Crippen molar-refractivity contribution in [2.24, 2.45) is 16.8 Å². The first-order valence-corrected chi connectivity index (χ1v) is 10.7. The molecule has 2 saturated heterocycles. The van der Waals surface area contributed by atoms with E-state index in [4.69, 9.17) is 14.5 Å². The van der Waals surface area contributed by atoms with Gasteiger partial charge in [-0.15, -0.1) is 24.0 Å². The summed E-state index contributed by atoms with van der Waals surface area (Å²) >= 11 is 0. The summed E-state index contributed by atoms with van der Waals surface area (Å²) < 4.78 is 11.2. The summed E-state index contributed by atoms with van der Waals surface area (Å²) in [5, 5.41) is 6.78. The van der Waals surface area contributed by atoms with E-state index in [9.17, 15) is 0 Å². The third-order valence-corrected chi connectivity index (χ3v) is 5.13. The van der Waals surface area contributed by atoms with Gasteiger partial charge in [0.25, 0.3) is 0 Å². The van der Waals surface area contributed by atoms with Crippen LogP contribution in [0.1, 0.15) is 46.0 Å². The predicted octanol–water partition coefficient (Wildman–Crippen LogP) is 2.72. The van der Waals surface area contributed by atoms with Crippen molar-refractivity contribution in [3.8, 4) is 0 Å². The van der Waals surface area contributed by atoms with Gasteiger partial charge in [0.05, 0.1) is 0 Å². The minimum absolute atomic E-state index is 0. The first-order chi connectivity index (χ1) is 12.8. The van der Waals surface area contributed by atoms with Gasteiger partial charge < -0.3 is 25.0 Å². The van der Waals surface area contributed by atoms with Gasteiger partial charge in [-0.2, -0.15) is 0 Å². The summed E-state index contributed by atoms with van der Waals surface area (Å²) in [5.74, 6) is 2.23. The smallest absolute Gasteiger partial charge is 0.191 e. The van der Waals surface area contributed by atoms with Crippen molar-refractivity contribution < 1.29 is 9.47 Å². The van der Waals surface area contributed by atoms with E-state index < -0.39 is 0 Å². The number of rotatable bonds is 11. The van der Waals surface area contributed by atoms with Crippen molar-refractivity contribution in [1.82, 2.24) is 15.5 Å². The number of nitrogens with zero attached hydrogens (tertiary/aromatic N) is 2. The SMILES string of the molecule is CCNC(=NCC(C)CN1CCCC1)NCCCOCC1CCOCC1.I. The summed E-state index contributed by atoms with van der Waals surface area (Å²) in [6, 6.07) is 0. The number of likely N-dealkylation sites (tertiary alicyclic amines) is 1. The van der Waals surface area contributed by atoms with Crippen LogP contribution in [0.3, 0.4) is 0 Å². The number of nitrogens with one attached hydrogen (secondary N) is 2. The molecule has 2 N–H and O–H groups in total. The summed E-state index contributed by atoms with van der Waals surface area (Å²) in [6.07, 6.45) is 6.01. The fraction of sp³-hybridized carbons (Fsp3) is 0.950. The molecule has 1 atom stereocenters. The molecular weight excluding hydrogens is 455 g/mol. The molecule has 0 aromatic carbocycles. The summed E-state index contributed by atoms with van der Waals surface area (Å²) in [4.78, 5) is 7.33. The summed E-state index contributed by atoms with van der Waals surface area (Å²) in [7, 11) is 0. The van der Waals surface area contributed by atoms with Gasteiger partial charge in [0, 0.05) is 52.6 Å². The topological polar surface area (TPSA) is 58.1 Å². The Morgan fingerprint density at radius 2 is 1.96 bits per heavy atom. The van der Waals surface area contributed by atoms with Crippen molar-refractivity contribution >= 4 is 29.9 Å². The molecule has 2 fully saturated rings. The summed E-state index contributed by atoms with van der Waals surface area (Å²) in [6.45, 7) is 14.3. The predicted molar refractivity (Wildman–Crippen MR) is 123 cm³/mol. The van der Waals surface area contributed by atoms with Crippen LogP contribution in [0.2, 0.25) is 0 Å². The van der Waals surface area contributed by atoms with Gasteiger partial charge in [-0.3, -0.25) is 4.99 Å². The van der Waals surface area contributed by atoms with Gasteiger partial charge in [-0.05, 0) is 64.0 Å². The molecule has 2 rings (SSSR count). The monoisotopic (exact) mass is 496 g/mol. The highest BCUT2D eigenvalue weighted by Crippen LogP contribution is 2.14. The third kappa shape index (κ3) is 11.5. The van der Waals surface area contributed by atoms with Crippen molar-refractivity contribution in [2.45, 2.75) is 46.0 Å². The minimum atomic E-state index is 0. The third-order valence-electron chi connectivity index (χ3n) is 5.13. The highest BCUT2D eigenvalue weighted by Gasteiger charge is 2.15. The van der Waals surface area contributed by atoms with Crippen LogP contribution in [-0.4, -0.2) is 76.6 Å². The van der Waals surface area contributed by atoms with Crippen LogP contribution in [0.25, 0.3) is 0 Å². The van der Waals surface area contributed by atoms with E-state index in [1.54, 1.807) is 0 Å². The van der Waals surface area contributed by atoms with E-state index in [1.165, 1.54) is 32.5 Å². The molecule has 27 heavy (non-hydrogen) atoms. The average Bonchev–Trinajstić information content (AvgIpc) is 3.16. The maximum Gasteiger partial charge on any atom is 0.191 e. The number of hydrogen-bond donors (Lipinski definition) is 2. The lowest BCUT2D eigenvalue weighted by Crippen LogP contribution is -2.38. The van der Waals surface area contributed by atoms with E-state index in [0.29, 0.717) is 11.8 Å². The second-order valence-electron chi connectivity index (χ2n) is 7.74. The van der Waals surface area contributed by atoms with Gasteiger partial charge in [0.15, 0.2) is 5.96 Å². The second-order valence-corrected chi connectivity index (χ2v) is 7.74. The molecule has 0 spiro atoms. The second kappa shape index (κ2) is 15.8. The van der Waals surface area contributed by atoms with Crippen LogP contribution in [0.15, 0.2) is 4.99 Å². The lowest BCUT2D eigenvalue weighted by molar-refractivity contribution is 0.0203. The van der Waals surface area contributed by atoms with E-state index >= 15 is 0 Å². The molecule has 2 aliphatic rings. The quantitative estimate of drug-likeness (QED) is 0.200. The normalized spacial score (nSPS) is 20.3. The van der Waals surface area contributed by atoms with Gasteiger partial charge in [-0.1, -0.05) is 6.92 Å². The van der Waals surface area contributed by atoms with E-state index in [2.05, 4.69) is 29.4 Å². The fourth-order valence-corrected chi connectivity index (χ4v) is 3.60. The van der Waals surface area contributed by atoms with Crippen molar-refractivity contribution in [2.75, 3.05) is 65.7 Å². The molecule has 1 unspecified atom stereocenters. The fourth-order valence-electron chi connectivity index (χ4n) is 3.60. The average molecular weight is 496 g/mol. The Morgan fingerprint density at radius 3 is 2.67 bits per heavy atom. The Bertz CT molecular complexity index is 386. The molecule has 0 bridgehead atoms. The largest absolute Gasteiger partial charge is 0.381 e. The highest BCUT2D eigenvalue weighted by molar-refractivity contribution is 14.0. The maximum absolute atomic E-state index is 5.83. The van der Waals surface area contributed by atoms with Crippen LogP contribution in [-0.2, 0) is 9.47 Å². The molecule has 0 aliphatic carbocycles. The first kappa shape index (κ1) is 24.9. The van der Waals surface area contributed by atoms with Crippen molar-refractivity contribution in [3.63, 3.8) is 0 Å².